The zero-order chi connectivity index (χ0) is 11.6. The van der Waals surface area contributed by atoms with E-state index in [1.165, 1.54) is 0 Å². The van der Waals surface area contributed by atoms with Crippen LogP contribution in [0.2, 0.25) is 0 Å². The van der Waals surface area contributed by atoms with Gasteiger partial charge in [-0.2, -0.15) is 0 Å². The molecule has 0 fully saturated rings. The third-order valence-corrected chi connectivity index (χ3v) is 2.08. The first-order valence-corrected chi connectivity index (χ1v) is 5.00. The van der Waals surface area contributed by atoms with Gasteiger partial charge < -0.3 is 0 Å². The number of allylic oxidation sites excluding steroid dienone is 2. The summed E-state index contributed by atoms with van der Waals surface area (Å²) >= 11 is 0. The van der Waals surface area contributed by atoms with Gasteiger partial charge >= 0.3 is 0 Å². The summed E-state index contributed by atoms with van der Waals surface area (Å²) in [6.45, 7) is 20.5. The molecule has 0 rings (SSSR count). The standard InChI is InChI=1S/C13H23N/c1-9-11(13(6,7)8)14-10(2)12(3,4)5/h9H,1-2H2,3-8H3/b14-11+. The molecule has 0 unspecified atom stereocenters. The molecule has 0 aromatic rings. The van der Waals surface area contributed by atoms with Crippen LogP contribution in [0.4, 0.5) is 0 Å². The van der Waals surface area contributed by atoms with Crippen molar-refractivity contribution in [1.29, 1.82) is 0 Å². The molecule has 0 saturated heterocycles. The quantitative estimate of drug-likeness (QED) is 0.582. The van der Waals surface area contributed by atoms with Gasteiger partial charge in [0, 0.05) is 22.2 Å². The SMILES string of the molecule is C=C/C(=N\C(=C)C(C)(C)C)C(C)(C)C. The summed E-state index contributed by atoms with van der Waals surface area (Å²) in [4.78, 5) is 4.54. The van der Waals surface area contributed by atoms with Crippen molar-refractivity contribution in [2.45, 2.75) is 41.5 Å². The van der Waals surface area contributed by atoms with Crippen molar-refractivity contribution in [2.24, 2.45) is 15.8 Å². The van der Waals surface area contributed by atoms with Crippen LogP contribution in [0.25, 0.3) is 0 Å². The molecular formula is C13H23N. The van der Waals surface area contributed by atoms with Gasteiger partial charge in [0.2, 0.25) is 0 Å². The van der Waals surface area contributed by atoms with Crippen LogP contribution in [-0.4, -0.2) is 5.71 Å². The molecule has 14 heavy (non-hydrogen) atoms. The van der Waals surface area contributed by atoms with Crippen molar-refractivity contribution in [1.82, 2.24) is 0 Å². The van der Waals surface area contributed by atoms with Crippen molar-refractivity contribution in [2.75, 3.05) is 0 Å². The highest BCUT2D eigenvalue weighted by Gasteiger charge is 2.19. The summed E-state index contributed by atoms with van der Waals surface area (Å²) in [6, 6.07) is 0. The second-order valence-electron chi connectivity index (χ2n) is 5.65. The first kappa shape index (κ1) is 13.2. The lowest BCUT2D eigenvalue weighted by atomic mass is 9.88. The molecule has 0 aliphatic heterocycles. The Morgan fingerprint density at radius 3 is 1.64 bits per heavy atom. The molecule has 0 saturated carbocycles. The predicted octanol–water partition coefficient (Wildman–Crippen LogP) is 4.22. The van der Waals surface area contributed by atoms with Gasteiger partial charge in [0.1, 0.15) is 0 Å². The van der Waals surface area contributed by atoms with E-state index in [1.807, 2.05) is 6.08 Å². The number of aliphatic imine (C=N–C) groups is 1. The maximum atomic E-state index is 4.54. The first-order chi connectivity index (χ1) is 6.09. The molecule has 80 valence electrons. The van der Waals surface area contributed by atoms with E-state index < -0.39 is 0 Å². The predicted molar refractivity (Wildman–Crippen MR) is 65.7 cm³/mol. The summed E-state index contributed by atoms with van der Waals surface area (Å²) in [5.41, 5.74) is 1.97. The van der Waals surface area contributed by atoms with Crippen molar-refractivity contribution in [3.8, 4) is 0 Å². The molecule has 0 radical (unpaired) electrons. The van der Waals surface area contributed by atoms with E-state index >= 15 is 0 Å². The molecule has 0 N–H and O–H groups in total. The van der Waals surface area contributed by atoms with Gasteiger partial charge in [0.15, 0.2) is 0 Å². The van der Waals surface area contributed by atoms with Crippen molar-refractivity contribution in [3.05, 3.63) is 24.9 Å². The highest BCUT2D eigenvalue weighted by Crippen LogP contribution is 2.27. The summed E-state index contributed by atoms with van der Waals surface area (Å²) < 4.78 is 0. The van der Waals surface area contributed by atoms with Gasteiger partial charge in [0.25, 0.3) is 0 Å². The van der Waals surface area contributed by atoms with E-state index in [9.17, 15) is 0 Å². The number of hydrogen-bond acceptors (Lipinski definition) is 1. The second kappa shape index (κ2) is 4.12. The molecule has 1 heteroatoms. The van der Waals surface area contributed by atoms with Crippen LogP contribution in [0, 0.1) is 10.8 Å². The lowest BCUT2D eigenvalue weighted by Gasteiger charge is -2.23. The fraction of sp³-hybridized carbons (Fsp3) is 0.615. The van der Waals surface area contributed by atoms with Crippen LogP contribution >= 0.6 is 0 Å². The minimum absolute atomic E-state index is 0.0273. The topological polar surface area (TPSA) is 12.4 Å². The normalized spacial score (nSPS) is 14.0. The second-order valence-corrected chi connectivity index (χ2v) is 5.65. The van der Waals surface area contributed by atoms with Gasteiger partial charge in [0.05, 0.1) is 0 Å². The Hall–Kier alpha value is -0.850. The van der Waals surface area contributed by atoms with Gasteiger partial charge in [-0.1, -0.05) is 54.7 Å². The fourth-order valence-corrected chi connectivity index (χ4v) is 0.833. The Labute approximate surface area is 88.6 Å². The summed E-state index contributed by atoms with van der Waals surface area (Å²) in [5.74, 6) is 0. The molecule has 0 heterocycles. The first-order valence-electron chi connectivity index (χ1n) is 5.00. The zero-order valence-corrected chi connectivity index (χ0v) is 10.4. The van der Waals surface area contributed by atoms with Crippen LogP contribution in [-0.2, 0) is 0 Å². The molecule has 0 bridgehead atoms. The average molecular weight is 193 g/mol. The Morgan fingerprint density at radius 1 is 1.00 bits per heavy atom. The van der Waals surface area contributed by atoms with Crippen molar-refractivity contribution in [3.63, 3.8) is 0 Å². The zero-order valence-electron chi connectivity index (χ0n) is 10.4. The number of nitrogens with zero attached hydrogens (tertiary/aromatic N) is 1. The minimum Gasteiger partial charge on any atom is -0.257 e. The van der Waals surface area contributed by atoms with Crippen LogP contribution in [0.1, 0.15) is 41.5 Å². The molecule has 0 aliphatic rings. The van der Waals surface area contributed by atoms with Crippen LogP contribution < -0.4 is 0 Å². The third kappa shape index (κ3) is 3.91. The van der Waals surface area contributed by atoms with E-state index in [4.69, 9.17) is 0 Å². The highest BCUT2D eigenvalue weighted by molar-refractivity contribution is 5.99. The minimum atomic E-state index is 0.0273. The maximum absolute atomic E-state index is 4.54. The molecule has 0 atom stereocenters. The number of rotatable bonds is 2. The Bertz CT molecular complexity index is 256. The van der Waals surface area contributed by atoms with Crippen LogP contribution in [0.5, 0.6) is 0 Å². The Balaban J connectivity index is 4.98. The Kier molecular flexibility index (Phi) is 3.87. The maximum Gasteiger partial charge on any atom is 0.0454 e. The molecule has 0 aromatic heterocycles. The molecule has 0 aliphatic carbocycles. The number of hydrogen-bond donors (Lipinski definition) is 0. The fourth-order valence-electron chi connectivity index (χ4n) is 0.833. The van der Waals surface area contributed by atoms with E-state index in [1.54, 1.807) is 0 Å². The molecule has 1 nitrogen and oxygen atoms in total. The van der Waals surface area contributed by atoms with Crippen LogP contribution in [0.15, 0.2) is 29.9 Å². The lowest BCUT2D eigenvalue weighted by Crippen LogP contribution is -2.19. The average Bonchev–Trinajstić information content (AvgIpc) is 1.95. The van der Waals surface area contributed by atoms with E-state index in [0.29, 0.717) is 0 Å². The largest absolute Gasteiger partial charge is 0.257 e. The van der Waals surface area contributed by atoms with Crippen molar-refractivity contribution < 1.29 is 0 Å². The van der Waals surface area contributed by atoms with E-state index in [2.05, 4.69) is 59.7 Å². The van der Waals surface area contributed by atoms with Gasteiger partial charge in [-0.15, -0.1) is 0 Å². The van der Waals surface area contributed by atoms with E-state index in [-0.39, 0.29) is 10.8 Å². The van der Waals surface area contributed by atoms with E-state index in [0.717, 1.165) is 11.4 Å². The molecule has 0 amide bonds. The van der Waals surface area contributed by atoms with Crippen LogP contribution in [0.3, 0.4) is 0 Å². The lowest BCUT2D eigenvalue weighted by molar-refractivity contribution is 0.497. The summed E-state index contributed by atoms with van der Waals surface area (Å²) in [7, 11) is 0. The van der Waals surface area contributed by atoms with Gasteiger partial charge in [-0.25, -0.2) is 0 Å². The summed E-state index contributed by atoms with van der Waals surface area (Å²) in [6.07, 6.45) is 1.82. The summed E-state index contributed by atoms with van der Waals surface area (Å²) in [5, 5.41) is 0. The molecule has 0 spiro atoms. The molecular weight excluding hydrogens is 170 g/mol. The van der Waals surface area contributed by atoms with Crippen molar-refractivity contribution >= 4 is 5.71 Å². The Morgan fingerprint density at radius 2 is 1.43 bits per heavy atom. The van der Waals surface area contributed by atoms with Gasteiger partial charge in [-0.3, -0.25) is 4.99 Å². The highest BCUT2D eigenvalue weighted by atomic mass is 14.8. The molecule has 0 aromatic carbocycles. The smallest absolute Gasteiger partial charge is 0.0454 e. The monoisotopic (exact) mass is 193 g/mol. The third-order valence-electron chi connectivity index (χ3n) is 2.08. The van der Waals surface area contributed by atoms with Gasteiger partial charge in [-0.05, 0) is 6.08 Å².